The molecule has 0 saturated heterocycles. The van der Waals surface area contributed by atoms with E-state index >= 15 is 0 Å². The molecule has 0 aliphatic rings. The molecule has 0 aliphatic carbocycles. The van der Waals surface area contributed by atoms with E-state index in [0.717, 1.165) is 36.8 Å². The molecule has 138 valence electrons. The molecule has 0 saturated carbocycles. The normalized spacial score (nSPS) is 11.6. The molecule has 7 N–H and O–H groups in total. The molecule has 24 heavy (non-hydrogen) atoms. The van der Waals surface area contributed by atoms with Gasteiger partial charge in [-0.05, 0) is 30.0 Å². The van der Waals surface area contributed by atoms with Gasteiger partial charge in [0.05, 0.1) is 0 Å². The number of aromatic hydroxyl groups is 1. The quantitative estimate of drug-likeness (QED) is 0.209. The Morgan fingerprint density at radius 1 is 0.875 bits per heavy atom. The van der Waals surface area contributed by atoms with Gasteiger partial charge in [0.1, 0.15) is 5.75 Å². The number of rotatable bonds is 12. The molecule has 1 aromatic rings. The van der Waals surface area contributed by atoms with E-state index in [0.29, 0.717) is 18.7 Å². The predicted molar refractivity (Wildman–Crippen MR) is 91.2 cm³/mol. The summed E-state index contributed by atoms with van der Waals surface area (Å²) in [5.74, 6) is 0.135. The Hall–Kier alpha value is -1.22. The number of hydrogen-bond donors (Lipinski definition) is 7. The van der Waals surface area contributed by atoms with Gasteiger partial charge in [0.15, 0.2) is 12.6 Å². The van der Waals surface area contributed by atoms with Gasteiger partial charge in [-0.15, -0.1) is 0 Å². The molecule has 0 fully saturated rings. The maximum absolute atomic E-state index is 10.2. The van der Waals surface area contributed by atoms with Crippen LogP contribution in [0.15, 0.2) is 12.1 Å². The number of nitrogens with one attached hydrogen (secondary N) is 2. The second kappa shape index (κ2) is 11.4. The third kappa shape index (κ3) is 7.57. The van der Waals surface area contributed by atoms with Crippen LogP contribution in [0.4, 0.5) is 0 Å². The lowest BCUT2D eigenvalue weighted by molar-refractivity contribution is -0.0383. The van der Waals surface area contributed by atoms with Crippen LogP contribution in [-0.4, -0.2) is 51.2 Å². The van der Waals surface area contributed by atoms with E-state index in [1.54, 1.807) is 6.07 Å². The minimum atomic E-state index is -1.45. The van der Waals surface area contributed by atoms with Gasteiger partial charge in [-0.3, -0.25) is 0 Å². The summed E-state index contributed by atoms with van der Waals surface area (Å²) in [5, 5.41) is 51.8. The first-order chi connectivity index (χ1) is 11.5. The molecule has 0 heterocycles. The Bertz CT molecular complexity index is 480. The molecular formula is C17H30N2O5. The van der Waals surface area contributed by atoms with Crippen LogP contribution < -0.4 is 10.6 Å². The summed E-state index contributed by atoms with van der Waals surface area (Å²) in [6.07, 6.45) is 1.27. The molecule has 0 spiro atoms. The first-order valence-electron chi connectivity index (χ1n) is 8.42. The highest BCUT2D eigenvalue weighted by Gasteiger charge is 2.13. The van der Waals surface area contributed by atoms with Gasteiger partial charge in [0.25, 0.3) is 0 Å². The minimum absolute atomic E-state index is 0.00171. The van der Waals surface area contributed by atoms with Gasteiger partial charge < -0.3 is 36.2 Å². The Labute approximate surface area is 143 Å². The Balaban J connectivity index is 2.91. The molecule has 0 aromatic heterocycles. The van der Waals surface area contributed by atoms with Crippen molar-refractivity contribution in [1.82, 2.24) is 10.6 Å². The van der Waals surface area contributed by atoms with Crippen molar-refractivity contribution in [3.63, 3.8) is 0 Å². The fraction of sp³-hybridized carbons (Fsp3) is 0.647. The molecule has 1 aromatic carbocycles. The lowest BCUT2D eigenvalue weighted by atomic mass is 9.95. The largest absolute Gasteiger partial charge is 0.508 e. The third-order valence-corrected chi connectivity index (χ3v) is 3.81. The highest BCUT2D eigenvalue weighted by atomic mass is 16.5. The second-order valence-electron chi connectivity index (χ2n) is 5.88. The summed E-state index contributed by atoms with van der Waals surface area (Å²) in [4.78, 5) is 0. The van der Waals surface area contributed by atoms with Crippen LogP contribution in [0.2, 0.25) is 0 Å². The molecule has 0 amide bonds. The van der Waals surface area contributed by atoms with Gasteiger partial charge in [-0.2, -0.15) is 0 Å². The number of hydrogen-bond acceptors (Lipinski definition) is 7. The van der Waals surface area contributed by atoms with Gasteiger partial charge in [0, 0.05) is 31.7 Å². The number of unbranched alkanes of at least 4 members (excludes halogenated alkanes) is 2. The third-order valence-electron chi connectivity index (χ3n) is 3.81. The van der Waals surface area contributed by atoms with E-state index in [9.17, 15) is 5.11 Å². The zero-order chi connectivity index (χ0) is 17.9. The lowest BCUT2D eigenvalue weighted by Gasteiger charge is -2.18. The molecule has 1 rings (SSSR count). The smallest absolute Gasteiger partial charge is 0.164 e. The van der Waals surface area contributed by atoms with Crippen molar-refractivity contribution >= 4 is 0 Å². The van der Waals surface area contributed by atoms with Crippen molar-refractivity contribution in [2.75, 3.05) is 13.1 Å². The van der Waals surface area contributed by atoms with Crippen LogP contribution in [0.25, 0.3) is 0 Å². The number of aryl methyl sites for hydroxylation is 1. The number of phenols is 1. The van der Waals surface area contributed by atoms with Gasteiger partial charge >= 0.3 is 0 Å². The van der Waals surface area contributed by atoms with Crippen LogP contribution in [0, 0.1) is 0 Å². The Morgan fingerprint density at radius 3 is 2.00 bits per heavy atom. The first-order valence-corrected chi connectivity index (χ1v) is 8.42. The maximum atomic E-state index is 10.2. The number of benzene rings is 1. The maximum Gasteiger partial charge on any atom is 0.164 e. The van der Waals surface area contributed by atoms with Crippen molar-refractivity contribution in [3.8, 4) is 5.75 Å². The Kier molecular flexibility index (Phi) is 9.85. The van der Waals surface area contributed by atoms with Crippen LogP contribution >= 0.6 is 0 Å². The monoisotopic (exact) mass is 342 g/mol. The van der Waals surface area contributed by atoms with Gasteiger partial charge in [-0.1, -0.05) is 25.8 Å². The minimum Gasteiger partial charge on any atom is -0.508 e. The topological polar surface area (TPSA) is 125 Å². The van der Waals surface area contributed by atoms with E-state index in [4.69, 9.17) is 20.4 Å². The van der Waals surface area contributed by atoms with E-state index in [2.05, 4.69) is 17.6 Å². The van der Waals surface area contributed by atoms with Crippen LogP contribution in [-0.2, 0) is 19.5 Å². The number of aliphatic hydroxyl groups is 4. The second-order valence-corrected chi connectivity index (χ2v) is 5.88. The van der Waals surface area contributed by atoms with Crippen LogP contribution in [0.1, 0.15) is 42.9 Å². The van der Waals surface area contributed by atoms with E-state index < -0.39 is 12.6 Å². The van der Waals surface area contributed by atoms with Gasteiger partial charge in [0.2, 0.25) is 0 Å². The standard InChI is InChI=1S/C17H30N2O5/c1-2-3-4-5-12-6-7-15(20)14(9-19-11-17(23)24)13(12)8-18-10-16(21)22/h6-7,16-24H,2-5,8-11H2,1H3. The number of phenolic OH excluding ortho intramolecular Hbond substituents is 1. The highest BCUT2D eigenvalue weighted by Crippen LogP contribution is 2.26. The summed E-state index contributed by atoms with van der Waals surface area (Å²) in [7, 11) is 0. The zero-order valence-electron chi connectivity index (χ0n) is 14.2. The molecule has 0 bridgehead atoms. The van der Waals surface area contributed by atoms with Crippen LogP contribution in [0.3, 0.4) is 0 Å². The molecule has 0 unspecified atom stereocenters. The van der Waals surface area contributed by atoms with Gasteiger partial charge in [-0.25, -0.2) is 0 Å². The molecule has 0 atom stereocenters. The molecule has 7 heteroatoms. The average Bonchev–Trinajstić information content (AvgIpc) is 2.51. The van der Waals surface area contributed by atoms with E-state index in [-0.39, 0.29) is 18.8 Å². The highest BCUT2D eigenvalue weighted by molar-refractivity contribution is 5.44. The number of aliphatic hydroxyl groups excluding tert-OH is 2. The predicted octanol–water partition coefficient (Wildman–Crippen LogP) is -0.0745. The lowest BCUT2D eigenvalue weighted by Crippen LogP contribution is -2.29. The molecule has 0 aliphatic heterocycles. The zero-order valence-corrected chi connectivity index (χ0v) is 14.2. The molecular weight excluding hydrogens is 312 g/mol. The summed E-state index contributed by atoms with van der Waals surface area (Å²) in [6.45, 7) is 2.86. The van der Waals surface area contributed by atoms with Crippen molar-refractivity contribution in [2.24, 2.45) is 0 Å². The SMILES string of the molecule is CCCCCc1ccc(O)c(CNCC(O)O)c1CNCC(O)O. The first kappa shape index (κ1) is 20.8. The van der Waals surface area contributed by atoms with Crippen molar-refractivity contribution in [2.45, 2.75) is 58.3 Å². The molecule has 0 radical (unpaired) electrons. The summed E-state index contributed by atoms with van der Waals surface area (Å²) >= 11 is 0. The van der Waals surface area contributed by atoms with E-state index in [1.165, 1.54) is 0 Å². The van der Waals surface area contributed by atoms with E-state index in [1.807, 2.05) is 6.07 Å². The molecule has 7 nitrogen and oxygen atoms in total. The van der Waals surface area contributed by atoms with Crippen molar-refractivity contribution in [1.29, 1.82) is 0 Å². The Morgan fingerprint density at radius 2 is 1.46 bits per heavy atom. The average molecular weight is 342 g/mol. The fourth-order valence-electron chi connectivity index (χ4n) is 2.60. The van der Waals surface area contributed by atoms with Crippen molar-refractivity contribution in [3.05, 3.63) is 28.8 Å². The summed E-state index contributed by atoms with van der Waals surface area (Å²) in [5.41, 5.74) is 2.69. The summed E-state index contributed by atoms with van der Waals surface area (Å²) < 4.78 is 0. The van der Waals surface area contributed by atoms with Crippen LogP contribution in [0.5, 0.6) is 5.75 Å². The van der Waals surface area contributed by atoms with Crippen molar-refractivity contribution < 1.29 is 25.5 Å². The summed E-state index contributed by atoms with van der Waals surface area (Å²) in [6, 6.07) is 3.54. The fourth-order valence-corrected chi connectivity index (χ4v) is 2.60.